The van der Waals surface area contributed by atoms with Crippen LogP contribution in [0.2, 0.25) is 0 Å². The topological polar surface area (TPSA) is 52.3 Å². The maximum atomic E-state index is 10.8. The lowest BCUT2D eigenvalue weighted by Gasteiger charge is -1.99. The van der Waals surface area contributed by atoms with Crippen molar-refractivity contribution in [1.82, 2.24) is 0 Å². The number of hydrogen-bond acceptors (Lipinski definition) is 3. The molecule has 1 aromatic carbocycles. The number of benzene rings is 1. The Labute approximate surface area is 91.5 Å². The van der Waals surface area contributed by atoms with Crippen molar-refractivity contribution in [2.24, 2.45) is 5.73 Å². The largest absolute Gasteiger partial charge is 0.497 e. The number of methoxy groups -OCH3 is 1. The van der Waals surface area contributed by atoms with E-state index in [2.05, 4.69) is 0 Å². The fraction of sp³-hybridized carbons (Fsp3) is 0.182. The van der Waals surface area contributed by atoms with Crippen LogP contribution in [0.3, 0.4) is 0 Å². The average Bonchev–Trinajstić information content (AvgIpc) is 2.60. The van der Waals surface area contributed by atoms with Crippen LogP contribution in [0.4, 0.5) is 0 Å². The molecule has 2 N–H and O–H groups in total. The molecular formula is C11H11NO2S. The summed E-state index contributed by atoms with van der Waals surface area (Å²) < 4.78 is 6.24. The molecule has 2 rings (SSSR count). The van der Waals surface area contributed by atoms with E-state index in [9.17, 15) is 4.79 Å². The number of ether oxygens (including phenoxy) is 1. The highest BCUT2D eigenvalue weighted by Crippen LogP contribution is 2.29. The molecule has 0 saturated carbocycles. The van der Waals surface area contributed by atoms with Gasteiger partial charge >= 0.3 is 0 Å². The molecule has 0 fully saturated rings. The van der Waals surface area contributed by atoms with Crippen molar-refractivity contribution in [1.29, 1.82) is 0 Å². The van der Waals surface area contributed by atoms with Crippen molar-refractivity contribution in [2.75, 3.05) is 7.11 Å². The molecular weight excluding hydrogens is 210 g/mol. The van der Waals surface area contributed by atoms with Crippen LogP contribution in [-0.4, -0.2) is 13.0 Å². The molecule has 1 aromatic heterocycles. The Kier molecular flexibility index (Phi) is 2.60. The van der Waals surface area contributed by atoms with Gasteiger partial charge in [-0.05, 0) is 34.5 Å². The molecule has 0 saturated heterocycles. The third-order valence-electron chi connectivity index (χ3n) is 2.23. The molecule has 0 aliphatic heterocycles. The highest BCUT2D eigenvalue weighted by Gasteiger charge is 2.07. The first-order chi connectivity index (χ1) is 7.20. The molecule has 2 aromatic rings. The van der Waals surface area contributed by atoms with Gasteiger partial charge in [-0.1, -0.05) is 0 Å². The number of primary amides is 1. The maximum absolute atomic E-state index is 10.8. The third kappa shape index (κ3) is 1.94. The van der Waals surface area contributed by atoms with Crippen LogP contribution >= 0.6 is 11.3 Å². The van der Waals surface area contributed by atoms with Gasteiger partial charge in [-0.3, -0.25) is 4.79 Å². The monoisotopic (exact) mass is 221 g/mol. The highest BCUT2D eigenvalue weighted by molar-refractivity contribution is 7.17. The van der Waals surface area contributed by atoms with Crippen LogP contribution < -0.4 is 10.5 Å². The smallest absolute Gasteiger partial charge is 0.221 e. The van der Waals surface area contributed by atoms with E-state index in [1.165, 1.54) is 0 Å². The molecule has 3 nitrogen and oxygen atoms in total. The second-order valence-corrected chi connectivity index (χ2v) is 4.18. The summed E-state index contributed by atoms with van der Waals surface area (Å²) in [5.41, 5.74) is 6.16. The van der Waals surface area contributed by atoms with Crippen molar-refractivity contribution >= 4 is 27.3 Å². The molecule has 1 heterocycles. The van der Waals surface area contributed by atoms with Gasteiger partial charge in [-0.15, -0.1) is 11.3 Å². The minimum Gasteiger partial charge on any atom is -0.497 e. The summed E-state index contributed by atoms with van der Waals surface area (Å²) in [6.45, 7) is 0. The van der Waals surface area contributed by atoms with E-state index < -0.39 is 0 Å². The van der Waals surface area contributed by atoms with Crippen LogP contribution in [0.25, 0.3) is 10.1 Å². The number of rotatable bonds is 3. The van der Waals surface area contributed by atoms with Crippen LogP contribution in [0.15, 0.2) is 23.6 Å². The zero-order chi connectivity index (χ0) is 10.8. The molecule has 1 amide bonds. The zero-order valence-electron chi connectivity index (χ0n) is 8.32. The van der Waals surface area contributed by atoms with Crippen molar-refractivity contribution in [3.8, 4) is 5.75 Å². The van der Waals surface area contributed by atoms with Gasteiger partial charge in [0.1, 0.15) is 5.75 Å². The van der Waals surface area contributed by atoms with Gasteiger partial charge in [0.25, 0.3) is 0 Å². The van der Waals surface area contributed by atoms with Gasteiger partial charge in [0.15, 0.2) is 0 Å². The fourth-order valence-electron chi connectivity index (χ4n) is 1.52. The molecule has 0 aliphatic rings. The lowest BCUT2D eigenvalue weighted by Crippen LogP contribution is -2.13. The van der Waals surface area contributed by atoms with Crippen molar-refractivity contribution in [3.63, 3.8) is 0 Å². The lowest BCUT2D eigenvalue weighted by atomic mass is 10.1. The van der Waals surface area contributed by atoms with Gasteiger partial charge in [-0.25, -0.2) is 0 Å². The Morgan fingerprint density at radius 1 is 1.53 bits per heavy atom. The molecule has 0 atom stereocenters. The summed E-state index contributed by atoms with van der Waals surface area (Å²) in [6, 6.07) is 5.81. The first kappa shape index (κ1) is 9.98. The molecule has 78 valence electrons. The van der Waals surface area contributed by atoms with Crippen molar-refractivity contribution < 1.29 is 9.53 Å². The van der Waals surface area contributed by atoms with Crippen molar-refractivity contribution in [2.45, 2.75) is 6.42 Å². The number of hydrogen-bond donors (Lipinski definition) is 1. The molecule has 4 heteroatoms. The SMILES string of the molecule is COc1ccc2c(CC(N)=O)csc2c1. The summed E-state index contributed by atoms with van der Waals surface area (Å²) in [5, 5.41) is 3.05. The Morgan fingerprint density at radius 2 is 2.33 bits per heavy atom. The summed E-state index contributed by atoms with van der Waals surface area (Å²) in [6.07, 6.45) is 0.298. The summed E-state index contributed by atoms with van der Waals surface area (Å²) in [7, 11) is 1.64. The Hall–Kier alpha value is -1.55. The van der Waals surface area contributed by atoms with Gasteiger partial charge in [-0.2, -0.15) is 0 Å². The van der Waals surface area contributed by atoms with E-state index >= 15 is 0 Å². The highest BCUT2D eigenvalue weighted by atomic mass is 32.1. The number of carbonyl (C=O) groups excluding carboxylic acids is 1. The van der Waals surface area contributed by atoms with Gasteiger partial charge < -0.3 is 10.5 Å². The van der Waals surface area contributed by atoms with Crippen LogP contribution in [0, 0.1) is 0 Å². The van der Waals surface area contributed by atoms with E-state index in [1.54, 1.807) is 18.4 Å². The lowest BCUT2D eigenvalue weighted by molar-refractivity contribution is -0.117. The molecule has 0 unspecified atom stereocenters. The summed E-state index contributed by atoms with van der Waals surface area (Å²) in [5.74, 6) is 0.528. The molecule has 0 aliphatic carbocycles. The minimum atomic E-state index is -0.300. The second-order valence-electron chi connectivity index (χ2n) is 3.27. The number of fused-ring (bicyclic) bond motifs is 1. The standard InChI is InChI=1S/C11H11NO2S/c1-14-8-2-3-9-7(4-11(12)13)6-15-10(9)5-8/h2-3,5-6H,4H2,1H3,(H2,12,13). The van der Waals surface area contributed by atoms with E-state index in [4.69, 9.17) is 10.5 Å². The van der Waals surface area contributed by atoms with Gasteiger partial charge in [0.05, 0.1) is 13.5 Å². The Balaban J connectivity index is 2.47. The Morgan fingerprint density at radius 3 is 3.00 bits per heavy atom. The zero-order valence-corrected chi connectivity index (χ0v) is 9.14. The second kappa shape index (κ2) is 3.90. The van der Waals surface area contributed by atoms with Gasteiger partial charge in [0.2, 0.25) is 5.91 Å². The van der Waals surface area contributed by atoms with E-state index in [0.29, 0.717) is 6.42 Å². The quantitative estimate of drug-likeness (QED) is 0.861. The van der Waals surface area contributed by atoms with Crippen LogP contribution in [0.1, 0.15) is 5.56 Å². The van der Waals surface area contributed by atoms with Crippen molar-refractivity contribution in [3.05, 3.63) is 29.1 Å². The molecule has 0 bridgehead atoms. The normalized spacial score (nSPS) is 10.5. The number of thiophene rings is 1. The molecule has 15 heavy (non-hydrogen) atoms. The van der Waals surface area contributed by atoms with Crippen LogP contribution in [-0.2, 0) is 11.2 Å². The first-order valence-electron chi connectivity index (χ1n) is 4.53. The van der Waals surface area contributed by atoms with E-state index in [1.807, 2.05) is 23.6 Å². The number of carbonyl (C=O) groups is 1. The molecule has 0 spiro atoms. The predicted octanol–water partition coefficient (Wildman–Crippen LogP) is 1.94. The maximum Gasteiger partial charge on any atom is 0.221 e. The van der Waals surface area contributed by atoms with Gasteiger partial charge in [0, 0.05) is 4.70 Å². The average molecular weight is 221 g/mol. The summed E-state index contributed by atoms with van der Waals surface area (Å²) in [4.78, 5) is 10.8. The number of nitrogens with two attached hydrogens (primary N) is 1. The number of amides is 1. The third-order valence-corrected chi connectivity index (χ3v) is 3.22. The van der Waals surface area contributed by atoms with Crippen LogP contribution in [0.5, 0.6) is 5.75 Å². The fourth-order valence-corrected chi connectivity index (χ4v) is 2.50. The van der Waals surface area contributed by atoms with E-state index in [-0.39, 0.29) is 5.91 Å². The molecule has 0 radical (unpaired) electrons. The van der Waals surface area contributed by atoms with E-state index in [0.717, 1.165) is 21.4 Å². The minimum absolute atomic E-state index is 0.298. The predicted molar refractivity (Wildman–Crippen MR) is 61.3 cm³/mol. The summed E-state index contributed by atoms with van der Waals surface area (Å²) >= 11 is 1.60. The Bertz CT molecular complexity index is 504. The first-order valence-corrected chi connectivity index (χ1v) is 5.41.